The number of nitro groups is 1. The van der Waals surface area contributed by atoms with Crippen LogP contribution in [0.4, 0.5) is 18.9 Å². The molecule has 0 aromatic carbocycles. The molecule has 2 aromatic heterocycles. The van der Waals surface area contributed by atoms with Crippen LogP contribution in [0, 0.1) is 10.1 Å². The highest BCUT2D eigenvalue weighted by molar-refractivity contribution is 5.43. The van der Waals surface area contributed by atoms with Crippen molar-refractivity contribution in [3.05, 3.63) is 46.4 Å². The van der Waals surface area contributed by atoms with Gasteiger partial charge in [0.25, 0.3) is 5.69 Å². The molecule has 0 spiro atoms. The van der Waals surface area contributed by atoms with Crippen LogP contribution in [-0.4, -0.2) is 19.7 Å². The maximum Gasteiger partial charge on any atom is 0.420 e. The Hall–Kier alpha value is -2.45. The Morgan fingerprint density at radius 2 is 2.11 bits per heavy atom. The van der Waals surface area contributed by atoms with Gasteiger partial charge in [0, 0.05) is 18.5 Å². The quantitative estimate of drug-likeness (QED) is 0.611. The van der Waals surface area contributed by atoms with Crippen molar-refractivity contribution in [1.82, 2.24) is 14.8 Å². The molecule has 0 atom stereocenters. The molecule has 2 aromatic rings. The minimum Gasteiger partial charge on any atom is -0.258 e. The molecule has 2 heterocycles. The largest absolute Gasteiger partial charge is 0.420 e. The second kappa shape index (κ2) is 4.09. The van der Waals surface area contributed by atoms with Gasteiger partial charge in [-0.2, -0.15) is 18.3 Å². The lowest BCUT2D eigenvalue weighted by molar-refractivity contribution is -0.385. The van der Waals surface area contributed by atoms with Crippen molar-refractivity contribution in [2.75, 3.05) is 0 Å². The number of nitrogens with zero attached hydrogens (tertiary/aromatic N) is 4. The second-order valence-electron chi connectivity index (χ2n) is 3.27. The van der Waals surface area contributed by atoms with Crippen molar-refractivity contribution in [3.63, 3.8) is 0 Å². The van der Waals surface area contributed by atoms with E-state index in [4.69, 9.17) is 0 Å². The summed E-state index contributed by atoms with van der Waals surface area (Å²) in [6, 6.07) is 1.85. The number of hydrogen-bond acceptors (Lipinski definition) is 4. The minimum absolute atomic E-state index is 0.435. The van der Waals surface area contributed by atoms with Crippen molar-refractivity contribution < 1.29 is 18.1 Å². The molecule has 0 bridgehead atoms. The summed E-state index contributed by atoms with van der Waals surface area (Å²) in [6.45, 7) is 0. The Morgan fingerprint density at radius 3 is 2.61 bits per heavy atom. The van der Waals surface area contributed by atoms with Crippen LogP contribution in [0.1, 0.15) is 5.56 Å². The first-order chi connectivity index (χ1) is 8.39. The molecule has 9 heteroatoms. The van der Waals surface area contributed by atoms with Crippen molar-refractivity contribution in [1.29, 1.82) is 0 Å². The molecule has 0 saturated heterocycles. The van der Waals surface area contributed by atoms with Crippen molar-refractivity contribution in [3.8, 4) is 5.82 Å². The fraction of sp³-hybridized carbons (Fsp3) is 0.111. The maximum atomic E-state index is 12.8. The Balaban J connectivity index is 2.64. The highest BCUT2D eigenvalue weighted by Crippen LogP contribution is 2.34. The summed E-state index contributed by atoms with van der Waals surface area (Å²) in [5, 5.41) is 14.1. The zero-order valence-corrected chi connectivity index (χ0v) is 8.63. The maximum absolute atomic E-state index is 12.8. The summed E-state index contributed by atoms with van der Waals surface area (Å²) in [6.07, 6.45) is -1.45. The molecule has 0 unspecified atom stereocenters. The third-order valence-electron chi connectivity index (χ3n) is 2.09. The van der Waals surface area contributed by atoms with Gasteiger partial charge in [-0.1, -0.05) is 0 Å². The van der Waals surface area contributed by atoms with E-state index in [-0.39, 0.29) is 0 Å². The molecule has 18 heavy (non-hydrogen) atoms. The molecule has 0 radical (unpaired) electrons. The smallest absolute Gasteiger partial charge is 0.258 e. The standard InChI is InChI=1S/C9H5F3N4O2/c10-9(11,12)7-4-6(16(17)18)5-13-8(7)15-3-1-2-14-15/h1-5H. The molecule has 0 N–H and O–H groups in total. The SMILES string of the molecule is O=[N+]([O-])c1cnc(-n2cccn2)c(C(F)(F)F)c1. The van der Waals surface area contributed by atoms with Crippen LogP contribution in [0.5, 0.6) is 0 Å². The van der Waals surface area contributed by atoms with E-state index in [9.17, 15) is 23.3 Å². The summed E-state index contributed by atoms with van der Waals surface area (Å²) >= 11 is 0. The molecular weight excluding hydrogens is 253 g/mol. The van der Waals surface area contributed by atoms with E-state index in [1.807, 2.05) is 0 Å². The fourth-order valence-corrected chi connectivity index (χ4v) is 1.33. The van der Waals surface area contributed by atoms with Gasteiger partial charge >= 0.3 is 6.18 Å². The number of alkyl halides is 3. The normalized spacial score (nSPS) is 11.5. The van der Waals surface area contributed by atoms with E-state index in [1.165, 1.54) is 18.5 Å². The summed E-state index contributed by atoms with van der Waals surface area (Å²) < 4.78 is 39.2. The molecule has 0 aliphatic heterocycles. The predicted molar refractivity (Wildman–Crippen MR) is 53.0 cm³/mol. The number of hydrogen-bond donors (Lipinski definition) is 0. The third kappa shape index (κ3) is 2.14. The number of pyridine rings is 1. The second-order valence-corrected chi connectivity index (χ2v) is 3.27. The Labute approximate surface area is 97.8 Å². The van der Waals surface area contributed by atoms with Crippen LogP contribution in [0.15, 0.2) is 30.7 Å². The van der Waals surface area contributed by atoms with Crippen molar-refractivity contribution in [2.45, 2.75) is 6.18 Å². The highest BCUT2D eigenvalue weighted by Gasteiger charge is 2.36. The first-order valence-corrected chi connectivity index (χ1v) is 4.61. The lowest BCUT2D eigenvalue weighted by atomic mass is 10.2. The van der Waals surface area contributed by atoms with E-state index in [0.717, 1.165) is 10.9 Å². The van der Waals surface area contributed by atoms with Crippen molar-refractivity contribution >= 4 is 5.69 Å². The van der Waals surface area contributed by atoms with Gasteiger partial charge in [0.15, 0.2) is 5.82 Å². The summed E-state index contributed by atoms with van der Waals surface area (Å²) in [5.41, 5.74) is -1.93. The van der Waals surface area contributed by atoms with Gasteiger partial charge in [-0.25, -0.2) is 9.67 Å². The van der Waals surface area contributed by atoms with Crippen LogP contribution in [-0.2, 0) is 6.18 Å². The first-order valence-electron chi connectivity index (χ1n) is 4.61. The highest BCUT2D eigenvalue weighted by atomic mass is 19.4. The molecule has 94 valence electrons. The van der Waals surface area contributed by atoms with Gasteiger partial charge in [0.05, 0.1) is 4.92 Å². The van der Waals surface area contributed by atoms with Crippen LogP contribution < -0.4 is 0 Å². The zero-order valence-electron chi connectivity index (χ0n) is 8.63. The van der Waals surface area contributed by atoms with Crippen molar-refractivity contribution in [2.24, 2.45) is 0 Å². The van der Waals surface area contributed by atoms with Gasteiger partial charge < -0.3 is 0 Å². The number of halogens is 3. The average Bonchev–Trinajstić information content (AvgIpc) is 2.80. The van der Waals surface area contributed by atoms with E-state index in [1.54, 1.807) is 0 Å². The summed E-state index contributed by atoms with van der Waals surface area (Å²) in [7, 11) is 0. The first kappa shape index (κ1) is 12.0. The van der Waals surface area contributed by atoms with Gasteiger partial charge in [0.2, 0.25) is 0 Å². The van der Waals surface area contributed by atoms with E-state index in [0.29, 0.717) is 6.07 Å². The summed E-state index contributed by atoms with van der Waals surface area (Å²) in [5.74, 6) is -0.502. The molecule has 6 nitrogen and oxygen atoms in total. The zero-order chi connectivity index (χ0) is 13.3. The van der Waals surface area contributed by atoms with Crippen LogP contribution in [0.25, 0.3) is 5.82 Å². The molecule has 2 rings (SSSR count). The lowest BCUT2D eigenvalue weighted by Crippen LogP contribution is -2.13. The molecule has 0 saturated carbocycles. The molecule has 0 aliphatic carbocycles. The van der Waals surface area contributed by atoms with Gasteiger partial charge in [0.1, 0.15) is 11.8 Å². The third-order valence-corrected chi connectivity index (χ3v) is 2.09. The van der Waals surface area contributed by atoms with Crippen LogP contribution >= 0.6 is 0 Å². The van der Waals surface area contributed by atoms with Gasteiger partial charge in [-0.05, 0) is 6.07 Å². The van der Waals surface area contributed by atoms with Crippen LogP contribution in [0.3, 0.4) is 0 Å². The van der Waals surface area contributed by atoms with E-state index in [2.05, 4.69) is 10.1 Å². The van der Waals surface area contributed by atoms with Gasteiger partial charge in [-0.15, -0.1) is 0 Å². The van der Waals surface area contributed by atoms with Crippen LogP contribution in [0.2, 0.25) is 0 Å². The van der Waals surface area contributed by atoms with E-state index < -0.39 is 28.2 Å². The minimum atomic E-state index is -4.75. The van der Waals surface area contributed by atoms with Gasteiger partial charge in [-0.3, -0.25) is 10.1 Å². The molecule has 0 amide bonds. The monoisotopic (exact) mass is 258 g/mol. The number of rotatable bonds is 2. The topological polar surface area (TPSA) is 73.8 Å². The molecular formula is C9H5F3N4O2. The predicted octanol–water partition coefficient (Wildman–Crippen LogP) is 2.19. The number of aromatic nitrogens is 3. The van der Waals surface area contributed by atoms with E-state index >= 15 is 0 Å². The Morgan fingerprint density at radius 1 is 1.39 bits per heavy atom. The Kier molecular flexibility index (Phi) is 2.73. The Bertz CT molecular complexity index is 580. The molecule has 0 fully saturated rings. The fourth-order valence-electron chi connectivity index (χ4n) is 1.33. The molecule has 0 aliphatic rings. The lowest BCUT2D eigenvalue weighted by Gasteiger charge is -2.11. The average molecular weight is 258 g/mol. The summed E-state index contributed by atoms with van der Waals surface area (Å²) in [4.78, 5) is 13.0.